The van der Waals surface area contributed by atoms with Crippen LogP contribution in [0.25, 0.3) is 0 Å². The maximum atomic E-state index is 12.4. The van der Waals surface area contributed by atoms with Crippen LogP contribution >= 0.6 is 0 Å². The molecule has 3 aromatic rings. The number of hydrogen-bond acceptors (Lipinski definition) is 2. The Morgan fingerprint density at radius 2 is 1.22 bits per heavy atom. The van der Waals surface area contributed by atoms with Crippen molar-refractivity contribution in [1.29, 1.82) is 0 Å². The molecule has 0 aliphatic carbocycles. The van der Waals surface area contributed by atoms with Gasteiger partial charge < -0.3 is 16.0 Å². The third kappa shape index (κ3) is 4.95. The number of carbonyl (C=O) groups is 2. The molecule has 3 rings (SSSR count). The molecule has 3 N–H and O–H groups in total. The number of nitrogens with one attached hydrogen (secondary N) is 3. The summed E-state index contributed by atoms with van der Waals surface area (Å²) >= 11 is 0. The number of aryl methyl sites for hydroxylation is 2. The van der Waals surface area contributed by atoms with Crippen LogP contribution in [0, 0.1) is 13.8 Å². The van der Waals surface area contributed by atoms with Gasteiger partial charge in [-0.2, -0.15) is 0 Å². The van der Waals surface area contributed by atoms with E-state index in [-0.39, 0.29) is 11.9 Å². The van der Waals surface area contributed by atoms with Crippen molar-refractivity contribution in [2.75, 3.05) is 16.0 Å². The van der Waals surface area contributed by atoms with E-state index in [2.05, 4.69) is 16.0 Å². The number of urea groups is 1. The summed E-state index contributed by atoms with van der Waals surface area (Å²) in [6.45, 7) is 3.91. The minimum Gasteiger partial charge on any atom is -0.322 e. The quantitative estimate of drug-likeness (QED) is 0.599. The Morgan fingerprint density at radius 1 is 0.667 bits per heavy atom. The highest BCUT2D eigenvalue weighted by atomic mass is 16.2. The number of carbonyl (C=O) groups excluding carboxylic acids is 2. The van der Waals surface area contributed by atoms with Gasteiger partial charge in [-0.3, -0.25) is 4.79 Å². The SMILES string of the molecule is Cc1ccc(C(=O)Nc2ccc(NC(=O)Nc3ccccc3)cc2)c(C)c1. The molecule has 0 aromatic heterocycles. The molecular formula is C22H21N3O2. The summed E-state index contributed by atoms with van der Waals surface area (Å²) in [5, 5.41) is 8.38. The number of amides is 3. The molecule has 0 saturated carbocycles. The maximum absolute atomic E-state index is 12.4. The molecule has 5 nitrogen and oxygen atoms in total. The molecular weight excluding hydrogens is 338 g/mol. The van der Waals surface area contributed by atoms with Crippen LogP contribution in [-0.4, -0.2) is 11.9 Å². The third-order valence-electron chi connectivity index (χ3n) is 4.06. The lowest BCUT2D eigenvalue weighted by Gasteiger charge is -2.10. The molecule has 0 bridgehead atoms. The van der Waals surface area contributed by atoms with Crippen LogP contribution < -0.4 is 16.0 Å². The van der Waals surface area contributed by atoms with Crippen molar-refractivity contribution in [2.24, 2.45) is 0 Å². The molecule has 0 atom stereocenters. The first-order valence-corrected chi connectivity index (χ1v) is 8.63. The molecule has 0 heterocycles. The first-order valence-electron chi connectivity index (χ1n) is 8.63. The van der Waals surface area contributed by atoms with Gasteiger partial charge in [-0.05, 0) is 61.9 Å². The predicted molar refractivity (Wildman–Crippen MR) is 109 cm³/mol. The van der Waals surface area contributed by atoms with Gasteiger partial charge in [0.25, 0.3) is 5.91 Å². The summed E-state index contributed by atoms with van der Waals surface area (Å²) in [5.41, 5.74) is 4.70. The number of benzene rings is 3. The Hall–Kier alpha value is -3.60. The monoisotopic (exact) mass is 359 g/mol. The fourth-order valence-corrected chi connectivity index (χ4v) is 2.72. The average Bonchev–Trinajstić information content (AvgIpc) is 2.64. The van der Waals surface area contributed by atoms with Crippen molar-refractivity contribution in [3.63, 3.8) is 0 Å². The van der Waals surface area contributed by atoms with E-state index in [0.29, 0.717) is 22.6 Å². The van der Waals surface area contributed by atoms with Gasteiger partial charge in [0, 0.05) is 22.6 Å². The minimum absolute atomic E-state index is 0.157. The summed E-state index contributed by atoms with van der Waals surface area (Å²) < 4.78 is 0. The van der Waals surface area contributed by atoms with E-state index in [0.717, 1.165) is 11.1 Å². The molecule has 0 spiro atoms. The Bertz CT molecular complexity index is 951. The molecule has 3 amide bonds. The largest absolute Gasteiger partial charge is 0.323 e. The predicted octanol–water partition coefficient (Wildman–Crippen LogP) is 5.20. The van der Waals surface area contributed by atoms with E-state index in [9.17, 15) is 9.59 Å². The zero-order valence-electron chi connectivity index (χ0n) is 15.2. The van der Waals surface area contributed by atoms with Crippen molar-refractivity contribution in [1.82, 2.24) is 0 Å². The van der Waals surface area contributed by atoms with E-state index >= 15 is 0 Å². The van der Waals surface area contributed by atoms with Gasteiger partial charge in [-0.15, -0.1) is 0 Å². The van der Waals surface area contributed by atoms with E-state index in [1.165, 1.54) is 0 Å². The van der Waals surface area contributed by atoms with E-state index in [1.807, 2.05) is 62.4 Å². The molecule has 136 valence electrons. The normalized spacial score (nSPS) is 10.1. The fourth-order valence-electron chi connectivity index (χ4n) is 2.72. The van der Waals surface area contributed by atoms with E-state index in [1.54, 1.807) is 24.3 Å². The van der Waals surface area contributed by atoms with Crippen LogP contribution in [0.2, 0.25) is 0 Å². The van der Waals surface area contributed by atoms with Gasteiger partial charge in [0.1, 0.15) is 0 Å². The zero-order chi connectivity index (χ0) is 19.2. The molecule has 0 fully saturated rings. The molecule has 3 aromatic carbocycles. The second-order valence-corrected chi connectivity index (χ2v) is 6.29. The zero-order valence-corrected chi connectivity index (χ0v) is 15.2. The summed E-state index contributed by atoms with van der Waals surface area (Å²) in [4.78, 5) is 24.4. The molecule has 0 aliphatic heterocycles. The standard InChI is InChI=1S/C22H21N3O2/c1-15-8-13-20(16(2)14-15)21(26)23-18-9-11-19(12-10-18)25-22(27)24-17-6-4-3-5-7-17/h3-14H,1-2H3,(H,23,26)(H2,24,25,27). The Labute approximate surface area is 158 Å². The van der Waals surface area contributed by atoms with Crippen LogP contribution in [0.1, 0.15) is 21.5 Å². The molecule has 0 radical (unpaired) electrons. The number of anilines is 3. The lowest BCUT2D eigenvalue weighted by atomic mass is 10.1. The molecule has 0 aliphatic rings. The van der Waals surface area contributed by atoms with Crippen LogP contribution in [0.3, 0.4) is 0 Å². The van der Waals surface area contributed by atoms with Gasteiger partial charge in [0.2, 0.25) is 0 Å². The summed E-state index contributed by atoms with van der Waals surface area (Å²) in [6.07, 6.45) is 0. The maximum Gasteiger partial charge on any atom is 0.323 e. The highest BCUT2D eigenvalue weighted by molar-refractivity contribution is 6.05. The lowest BCUT2D eigenvalue weighted by molar-refractivity contribution is 0.102. The fraction of sp³-hybridized carbons (Fsp3) is 0.0909. The molecule has 27 heavy (non-hydrogen) atoms. The Balaban J connectivity index is 1.60. The van der Waals surface area contributed by atoms with Crippen LogP contribution in [-0.2, 0) is 0 Å². The summed E-state index contributed by atoms with van der Waals surface area (Å²) in [7, 11) is 0. The summed E-state index contributed by atoms with van der Waals surface area (Å²) in [5.74, 6) is -0.157. The average molecular weight is 359 g/mol. The molecule has 0 unspecified atom stereocenters. The Morgan fingerprint density at radius 3 is 1.81 bits per heavy atom. The topological polar surface area (TPSA) is 70.2 Å². The van der Waals surface area contributed by atoms with Gasteiger partial charge in [-0.25, -0.2) is 4.79 Å². The highest BCUT2D eigenvalue weighted by Gasteiger charge is 2.09. The van der Waals surface area contributed by atoms with Crippen molar-refractivity contribution >= 4 is 29.0 Å². The second kappa shape index (κ2) is 8.19. The minimum atomic E-state index is -0.326. The van der Waals surface area contributed by atoms with Gasteiger partial charge in [0.15, 0.2) is 0 Å². The number of hydrogen-bond donors (Lipinski definition) is 3. The van der Waals surface area contributed by atoms with Crippen molar-refractivity contribution in [3.8, 4) is 0 Å². The Kier molecular flexibility index (Phi) is 5.52. The van der Waals surface area contributed by atoms with Crippen LogP contribution in [0.4, 0.5) is 21.9 Å². The van der Waals surface area contributed by atoms with Gasteiger partial charge in [0.05, 0.1) is 0 Å². The van der Waals surface area contributed by atoms with E-state index < -0.39 is 0 Å². The lowest BCUT2D eigenvalue weighted by Crippen LogP contribution is -2.19. The smallest absolute Gasteiger partial charge is 0.322 e. The molecule has 0 saturated heterocycles. The molecule has 5 heteroatoms. The first-order chi connectivity index (χ1) is 13.0. The van der Waals surface area contributed by atoms with Gasteiger partial charge >= 0.3 is 6.03 Å². The van der Waals surface area contributed by atoms with Crippen LogP contribution in [0.15, 0.2) is 72.8 Å². The third-order valence-corrected chi connectivity index (χ3v) is 4.06. The summed E-state index contributed by atoms with van der Waals surface area (Å²) in [6, 6.07) is 21.6. The second-order valence-electron chi connectivity index (χ2n) is 6.29. The van der Waals surface area contributed by atoms with Gasteiger partial charge in [-0.1, -0.05) is 35.9 Å². The van der Waals surface area contributed by atoms with E-state index in [4.69, 9.17) is 0 Å². The van der Waals surface area contributed by atoms with Crippen molar-refractivity contribution in [2.45, 2.75) is 13.8 Å². The van der Waals surface area contributed by atoms with Crippen molar-refractivity contribution in [3.05, 3.63) is 89.5 Å². The number of rotatable bonds is 4. The highest BCUT2D eigenvalue weighted by Crippen LogP contribution is 2.17. The van der Waals surface area contributed by atoms with Crippen LogP contribution in [0.5, 0.6) is 0 Å². The number of para-hydroxylation sites is 1. The van der Waals surface area contributed by atoms with Crippen molar-refractivity contribution < 1.29 is 9.59 Å². The first kappa shape index (κ1) is 18.2.